The van der Waals surface area contributed by atoms with Crippen molar-refractivity contribution in [2.75, 3.05) is 23.7 Å². The summed E-state index contributed by atoms with van der Waals surface area (Å²) >= 11 is 1.63. The van der Waals surface area contributed by atoms with E-state index in [9.17, 15) is 13.2 Å². The van der Waals surface area contributed by atoms with Crippen LogP contribution in [0.25, 0.3) is 0 Å². The monoisotopic (exact) mass is 483 g/mol. The van der Waals surface area contributed by atoms with Crippen LogP contribution in [0.1, 0.15) is 12.5 Å². The predicted molar refractivity (Wildman–Crippen MR) is 133 cm³/mol. The van der Waals surface area contributed by atoms with Crippen LogP contribution >= 0.6 is 11.8 Å². The van der Waals surface area contributed by atoms with E-state index in [1.807, 2.05) is 30.5 Å². The molecular formula is C24H25N3O4S2. The molecule has 0 bridgehead atoms. The van der Waals surface area contributed by atoms with E-state index in [0.717, 1.165) is 14.8 Å². The van der Waals surface area contributed by atoms with Gasteiger partial charge in [-0.25, -0.2) is 13.8 Å². The average molecular weight is 484 g/mol. The summed E-state index contributed by atoms with van der Waals surface area (Å²) in [6.45, 7) is 1.69. The minimum absolute atomic E-state index is 0.0708. The molecular weight excluding hydrogens is 458 g/mol. The van der Waals surface area contributed by atoms with Gasteiger partial charge in [0.2, 0.25) is 0 Å². The number of ether oxygens (including phenoxy) is 1. The zero-order chi connectivity index (χ0) is 23.7. The fourth-order valence-corrected chi connectivity index (χ4v) is 4.86. The van der Waals surface area contributed by atoms with Gasteiger partial charge < -0.3 is 4.74 Å². The highest BCUT2D eigenvalue weighted by Gasteiger charge is 2.29. The van der Waals surface area contributed by atoms with Crippen molar-refractivity contribution in [1.29, 1.82) is 0 Å². The van der Waals surface area contributed by atoms with Gasteiger partial charge in [-0.05, 0) is 55.1 Å². The molecule has 0 aliphatic heterocycles. The molecule has 0 aliphatic carbocycles. The number of hydrogen-bond acceptors (Lipinski definition) is 6. The van der Waals surface area contributed by atoms with Gasteiger partial charge in [0.1, 0.15) is 12.3 Å². The number of hydrazone groups is 1. The molecule has 0 fully saturated rings. The number of amides is 1. The lowest BCUT2D eigenvalue weighted by atomic mass is 10.2. The second kappa shape index (κ2) is 11.5. The molecule has 0 aliphatic rings. The molecule has 3 aromatic carbocycles. The van der Waals surface area contributed by atoms with Crippen molar-refractivity contribution in [1.82, 2.24) is 5.43 Å². The van der Waals surface area contributed by atoms with Crippen LogP contribution in [0.3, 0.4) is 0 Å². The number of nitrogens with zero attached hydrogens (tertiary/aromatic N) is 2. The summed E-state index contributed by atoms with van der Waals surface area (Å²) in [4.78, 5) is 13.9. The molecule has 1 N–H and O–H groups in total. The Morgan fingerprint density at radius 2 is 1.70 bits per heavy atom. The maximum atomic E-state index is 13.4. The SMILES string of the molecule is CCOc1ccccc1N(CC(=O)N/N=C/c1ccc(SC)cc1)S(=O)(=O)c1ccccc1. The molecule has 0 heterocycles. The van der Waals surface area contributed by atoms with Gasteiger partial charge in [-0.1, -0.05) is 42.5 Å². The summed E-state index contributed by atoms with van der Waals surface area (Å²) in [6, 6.07) is 22.3. The quantitative estimate of drug-likeness (QED) is 0.266. The van der Waals surface area contributed by atoms with Crippen molar-refractivity contribution in [3.8, 4) is 5.75 Å². The van der Waals surface area contributed by atoms with Crippen LogP contribution in [0.4, 0.5) is 5.69 Å². The minimum Gasteiger partial charge on any atom is -0.492 e. The molecule has 3 aromatic rings. The van der Waals surface area contributed by atoms with E-state index in [1.165, 1.54) is 18.3 Å². The largest absolute Gasteiger partial charge is 0.492 e. The second-order valence-electron chi connectivity index (χ2n) is 6.79. The van der Waals surface area contributed by atoms with E-state index in [4.69, 9.17) is 4.74 Å². The van der Waals surface area contributed by atoms with Crippen molar-refractivity contribution in [3.63, 3.8) is 0 Å². The molecule has 0 saturated carbocycles. The zero-order valence-electron chi connectivity index (χ0n) is 18.3. The lowest BCUT2D eigenvalue weighted by molar-refractivity contribution is -0.119. The second-order valence-corrected chi connectivity index (χ2v) is 9.53. The van der Waals surface area contributed by atoms with Crippen LogP contribution in [0.15, 0.2) is 93.8 Å². The van der Waals surface area contributed by atoms with Crippen molar-refractivity contribution < 1.29 is 17.9 Å². The Labute approximate surface area is 198 Å². The molecule has 9 heteroatoms. The molecule has 0 atom stereocenters. The van der Waals surface area contributed by atoms with E-state index in [0.29, 0.717) is 12.4 Å². The van der Waals surface area contributed by atoms with Gasteiger partial charge in [-0.3, -0.25) is 9.10 Å². The van der Waals surface area contributed by atoms with Gasteiger partial charge in [-0.15, -0.1) is 11.8 Å². The number of thioether (sulfide) groups is 1. The summed E-state index contributed by atoms with van der Waals surface area (Å²) in [7, 11) is -4.04. The van der Waals surface area contributed by atoms with Gasteiger partial charge in [0, 0.05) is 4.90 Å². The number of para-hydroxylation sites is 2. The average Bonchev–Trinajstić information content (AvgIpc) is 2.84. The first-order valence-electron chi connectivity index (χ1n) is 10.2. The topological polar surface area (TPSA) is 88.1 Å². The Balaban J connectivity index is 1.85. The first-order chi connectivity index (χ1) is 16.0. The van der Waals surface area contributed by atoms with Crippen LogP contribution in [0, 0.1) is 0 Å². The smallest absolute Gasteiger partial charge is 0.264 e. The van der Waals surface area contributed by atoms with Crippen LogP contribution in [-0.4, -0.2) is 39.9 Å². The van der Waals surface area contributed by atoms with Gasteiger partial charge in [-0.2, -0.15) is 5.10 Å². The highest BCUT2D eigenvalue weighted by Crippen LogP contribution is 2.32. The summed E-state index contributed by atoms with van der Waals surface area (Å²) in [5.74, 6) is -0.220. The van der Waals surface area contributed by atoms with E-state index >= 15 is 0 Å². The molecule has 3 rings (SSSR count). The van der Waals surface area contributed by atoms with E-state index in [-0.39, 0.29) is 10.6 Å². The van der Waals surface area contributed by atoms with Gasteiger partial charge in [0.15, 0.2) is 0 Å². The van der Waals surface area contributed by atoms with Crippen molar-refractivity contribution in [2.24, 2.45) is 5.10 Å². The molecule has 1 amide bonds. The van der Waals surface area contributed by atoms with Gasteiger partial charge in [0.25, 0.3) is 15.9 Å². The fraction of sp³-hybridized carbons (Fsp3) is 0.167. The van der Waals surface area contributed by atoms with Crippen molar-refractivity contribution in [2.45, 2.75) is 16.7 Å². The van der Waals surface area contributed by atoms with Crippen molar-refractivity contribution >= 4 is 39.6 Å². The first-order valence-corrected chi connectivity index (χ1v) is 12.9. The molecule has 172 valence electrons. The van der Waals surface area contributed by atoms with Gasteiger partial charge in [0.05, 0.1) is 23.4 Å². The molecule has 0 saturated heterocycles. The molecule has 7 nitrogen and oxygen atoms in total. The highest BCUT2D eigenvalue weighted by atomic mass is 32.2. The third kappa shape index (κ3) is 6.36. The van der Waals surface area contributed by atoms with Crippen molar-refractivity contribution in [3.05, 3.63) is 84.4 Å². The number of carbonyl (C=O) groups is 1. The molecule has 0 spiro atoms. The Morgan fingerprint density at radius 3 is 2.36 bits per heavy atom. The standard InChI is InChI=1S/C24H25N3O4S2/c1-3-31-23-12-8-7-11-22(23)27(33(29,30)21-9-5-4-6-10-21)18-24(28)26-25-17-19-13-15-20(32-2)16-14-19/h4-17H,3,18H2,1-2H3,(H,26,28)/b25-17+. The molecule has 0 radical (unpaired) electrons. The Hall–Kier alpha value is -3.30. The number of rotatable bonds is 10. The van der Waals surface area contributed by atoms with Crippen LogP contribution in [0.5, 0.6) is 5.75 Å². The Kier molecular flexibility index (Phi) is 8.51. The van der Waals surface area contributed by atoms with Gasteiger partial charge >= 0.3 is 0 Å². The summed E-state index contributed by atoms with van der Waals surface area (Å²) in [6.07, 6.45) is 3.49. The number of hydrogen-bond donors (Lipinski definition) is 1. The molecule has 33 heavy (non-hydrogen) atoms. The van der Waals surface area contributed by atoms with Crippen LogP contribution in [0.2, 0.25) is 0 Å². The maximum absolute atomic E-state index is 13.4. The van der Waals surface area contributed by atoms with Crippen LogP contribution < -0.4 is 14.5 Å². The summed E-state index contributed by atoms with van der Waals surface area (Å²) in [5.41, 5.74) is 3.50. The Bertz CT molecular complexity index is 1200. The number of anilines is 1. The third-order valence-corrected chi connectivity index (χ3v) is 7.09. The number of carbonyl (C=O) groups excluding carboxylic acids is 1. The van der Waals surface area contributed by atoms with E-state index in [1.54, 1.807) is 61.2 Å². The lowest BCUT2D eigenvalue weighted by Gasteiger charge is -2.25. The summed E-state index contributed by atoms with van der Waals surface area (Å²) < 4.78 is 33.5. The first kappa shape index (κ1) is 24.3. The lowest BCUT2D eigenvalue weighted by Crippen LogP contribution is -2.39. The minimum atomic E-state index is -4.04. The molecule has 0 unspecified atom stereocenters. The molecule has 0 aromatic heterocycles. The predicted octanol–water partition coefficient (Wildman–Crippen LogP) is 4.15. The van der Waals surface area contributed by atoms with Crippen LogP contribution in [-0.2, 0) is 14.8 Å². The van der Waals surface area contributed by atoms with E-state index in [2.05, 4.69) is 10.5 Å². The normalized spacial score (nSPS) is 11.3. The third-order valence-electron chi connectivity index (χ3n) is 4.57. The fourth-order valence-electron chi connectivity index (χ4n) is 2.99. The Morgan fingerprint density at radius 1 is 1.03 bits per heavy atom. The highest BCUT2D eigenvalue weighted by molar-refractivity contribution is 7.98. The summed E-state index contributed by atoms with van der Waals surface area (Å²) in [5, 5.41) is 3.97. The number of sulfonamides is 1. The van der Waals surface area contributed by atoms with E-state index < -0.39 is 22.5 Å². The number of benzene rings is 3. The number of nitrogens with one attached hydrogen (secondary N) is 1. The zero-order valence-corrected chi connectivity index (χ0v) is 20.0. The maximum Gasteiger partial charge on any atom is 0.264 e.